The second-order valence-electron chi connectivity index (χ2n) is 6.12. The van der Waals surface area contributed by atoms with E-state index in [4.69, 9.17) is 0 Å². The molecule has 0 aliphatic carbocycles. The molecule has 0 aromatic rings. The lowest BCUT2D eigenvalue weighted by molar-refractivity contribution is 0.134. The van der Waals surface area contributed by atoms with Gasteiger partial charge in [0.05, 0.1) is 0 Å². The quantitative estimate of drug-likeness (QED) is 0.763. The summed E-state index contributed by atoms with van der Waals surface area (Å²) in [6.07, 6.45) is 2.72. The molecule has 0 atom stereocenters. The predicted molar refractivity (Wildman–Crippen MR) is 70.9 cm³/mol. The number of rotatable bonds is 5. The molecule has 0 amide bonds. The van der Waals surface area contributed by atoms with Crippen molar-refractivity contribution >= 4 is 0 Å². The maximum absolute atomic E-state index is 3.38. The van der Waals surface area contributed by atoms with Crippen molar-refractivity contribution in [3.63, 3.8) is 0 Å². The molecule has 0 aromatic carbocycles. The van der Waals surface area contributed by atoms with Gasteiger partial charge in [0, 0.05) is 18.6 Å². The Morgan fingerprint density at radius 2 is 1.81 bits per heavy atom. The zero-order valence-corrected chi connectivity index (χ0v) is 11.7. The highest BCUT2D eigenvalue weighted by molar-refractivity contribution is 4.83. The molecule has 3 heteroatoms. The van der Waals surface area contributed by atoms with Crippen molar-refractivity contribution < 1.29 is 0 Å². The first-order valence-corrected chi connectivity index (χ1v) is 6.49. The highest BCUT2D eigenvalue weighted by atomic mass is 15.2. The molecule has 0 bridgehead atoms. The fourth-order valence-electron chi connectivity index (χ4n) is 2.48. The first-order chi connectivity index (χ1) is 7.43. The van der Waals surface area contributed by atoms with Gasteiger partial charge in [0.2, 0.25) is 0 Å². The van der Waals surface area contributed by atoms with Gasteiger partial charge in [-0.2, -0.15) is 0 Å². The molecule has 0 unspecified atom stereocenters. The van der Waals surface area contributed by atoms with E-state index in [1.54, 1.807) is 0 Å². The van der Waals surface area contributed by atoms with E-state index in [1.807, 2.05) is 0 Å². The number of nitrogens with zero attached hydrogens (tertiary/aromatic N) is 2. The smallest absolute Gasteiger partial charge is 0.0249 e. The summed E-state index contributed by atoms with van der Waals surface area (Å²) in [4.78, 5) is 4.92. The fourth-order valence-corrected chi connectivity index (χ4v) is 2.48. The van der Waals surface area contributed by atoms with Crippen molar-refractivity contribution in [2.75, 3.05) is 47.3 Å². The van der Waals surface area contributed by atoms with Crippen LogP contribution in [0.2, 0.25) is 0 Å². The van der Waals surface area contributed by atoms with Crippen LogP contribution in [-0.4, -0.2) is 62.7 Å². The van der Waals surface area contributed by atoms with Crippen LogP contribution in [0.5, 0.6) is 0 Å². The molecule has 96 valence electrons. The predicted octanol–water partition coefficient (Wildman–Crippen LogP) is 1.26. The maximum Gasteiger partial charge on any atom is 0.0249 e. The van der Waals surface area contributed by atoms with Gasteiger partial charge in [-0.1, -0.05) is 0 Å². The highest BCUT2D eigenvalue weighted by Crippen LogP contribution is 2.19. The van der Waals surface area contributed by atoms with Crippen LogP contribution in [0.15, 0.2) is 0 Å². The SMILES string of the molecule is CNC(C)(C)CN1CCC(CN(C)C)CC1. The van der Waals surface area contributed by atoms with E-state index in [2.05, 4.69) is 50.1 Å². The number of likely N-dealkylation sites (N-methyl/N-ethyl adjacent to an activating group) is 1. The van der Waals surface area contributed by atoms with E-state index in [9.17, 15) is 0 Å². The number of hydrogen-bond donors (Lipinski definition) is 1. The van der Waals surface area contributed by atoms with Crippen LogP contribution in [0.1, 0.15) is 26.7 Å². The second-order valence-corrected chi connectivity index (χ2v) is 6.12. The van der Waals surface area contributed by atoms with Crippen molar-refractivity contribution in [2.24, 2.45) is 5.92 Å². The van der Waals surface area contributed by atoms with Crippen LogP contribution in [0.4, 0.5) is 0 Å². The third-order valence-electron chi connectivity index (χ3n) is 3.63. The summed E-state index contributed by atoms with van der Waals surface area (Å²) in [7, 11) is 6.41. The molecule has 16 heavy (non-hydrogen) atoms. The number of likely N-dealkylation sites (tertiary alicyclic amines) is 1. The topological polar surface area (TPSA) is 18.5 Å². The van der Waals surface area contributed by atoms with E-state index in [0.717, 1.165) is 12.5 Å². The summed E-state index contributed by atoms with van der Waals surface area (Å²) in [5.41, 5.74) is 0.244. The molecular formula is C13H29N3. The minimum atomic E-state index is 0.244. The molecule has 0 saturated carbocycles. The highest BCUT2D eigenvalue weighted by Gasteiger charge is 2.24. The van der Waals surface area contributed by atoms with Crippen LogP contribution in [0, 0.1) is 5.92 Å². The summed E-state index contributed by atoms with van der Waals surface area (Å²) in [6, 6.07) is 0. The molecule has 0 aromatic heterocycles. The standard InChI is InChI=1S/C13H29N3/c1-13(2,14-3)11-16-8-6-12(7-9-16)10-15(4)5/h12,14H,6-11H2,1-5H3. The first kappa shape index (κ1) is 13.9. The van der Waals surface area contributed by atoms with Crippen LogP contribution in [0.3, 0.4) is 0 Å². The van der Waals surface area contributed by atoms with Gasteiger partial charge in [-0.3, -0.25) is 0 Å². The Hall–Kier alpha value is -0.120. The van der Waals surface area contributed by atoms with Crippen molar-refractivity contribution in [3.05, 3.63) is 0 Å². The Kier molecular flexibility index (Phi) is 5.22. The van der Waals surface area contributed by atoms with Crippen LogP contribution in [0.25, 0.3) is 0 Å². The lowest BCUT2D eigenvalue weighted by Gasteiger charge is -2.37. The van der Waals surface area contributed by atoms with Crippen molar-refractivity contribution in [1.29, 1.82) is 0 Å². The Bertz CT molecular complexity index is 193. The van der Waals surface area contributed by atoms with Gasteiger partial charge in [0.15, 0.2) is 0 Å². The van der Waals surface area contributed by atoms with Crippen LogP contribution < -0.4 is 5.32 Å². The largest absolute Gasteiger partial charge is 0.314 e. The number of nitrogens with one attached hydrogen (secondary N) is 1. The zero-order valence-electron chi connectivity index (χ0n) is 11.7. The summed E-state index contributed by atoms with van der Waals surface area (Å²) >= 11 is 0. The number of hydrogen-bond acceptors (Lipinski definition) is 3. The minimum absolute atomic E-state index is 0.244. The molecule has 0 radical (unpaired) electrons. The second kappa shape index (κ2) is 5.99. The fraction of sp³-hybridized carbons (Fsp3) is 1.00. The molecule has 1 fully saturated rings. The van der Waals surface area contributed by atoms with E-state index < -0.39 is 0 Å². The Morgan fingerprint density at radius 3 is 2.25 bits per heavy atom. The lowest BCUT2D eigenvalue weighted by Crippen LogP contribution is -2.50. The maximum atomic E-state index is 3.38. The van der Waals surface area contributed by atoms with Crippen molar-refractivity contribution in [3.8, 4) is 0 Å². The van der Waals surface area contributed by atoms with E-state index >= 15 is 0 Å². The van der Waals surface area contributed by atoms with Gasteiger partial charge in [-0.05, 0) is 66.8 Å². The normalized spacial score (nSPS) is 20.6. The summed E-state index contributed by atoms with van der Waals surface area (Å²) in [6.45, 7) is 9.51. The van der Waals surface area contributed by atoms with Gasteiger partial charge in [-0.25, -0.2) is 0 Å². The van der Waals surface area contributed by atoms with Gasteiger partial charge in [-0.15, -0.1) is 0 Å². The van der Waals surface area contributed by atoms with Gasteiger partial charge in [0.1, 0.15) is 0 Å². The summed E-state index contributed by atoms with van der Waals surface area (Å²) < 4.78 is 0. The zero-order chi connectivity index (χ0) is 12.2. The summed E-state index contributed by atoms with van der Waals surface area (Å²) in [5.74, 6) is 0.906. The van der Waals surface area contributed by atoms with E-state index in [1.165, 1.54) is 32.5 Å². The minimum Gasteiger partial charge on any atom is -0.314 e. The third kappa shape index (κ3) is 4.81. The number of piperidine rings is 1. The van der Waals surface area contributed by atoms with Crippen molar-refractivity contribution in [1.82, 2.24) is 15.1 Å². The molecule has 1 aliphatic heterocycles. The van der Waals surface area contributed by atoms with Crippen LogP contribution >= 0.6 is 0 Å². The average Bonchev–Trinajstić information content (AvgIpc) is 2.20. The van der Waals surface area contributed by atoms with Gasteiger partial charge >= 0.3 is 0 Å². The van der Waals surface area contributed by atoms with E-state index in [0.29, 0.717) is 0 Å². The molecule has 1 rings (SSSR count). The molecule has 1 aliphatic rings. The Labute approximate surface area is 101 Å². The lowest BCUT2D eigenvalue weighted by atomic mass is 9.95. The molecule has 1 heterocycles. The van der Waals surface area contributed by atoms with Gasteiger partial charge < -0.3 is 15.1 Å². The average molecular weight is 227 g/mol. The molecular weight excluding hydrogens is 198 g/mol. The third-order valence-corrected chi connectivity index (χ3v) is 3.63. The van der Waals surface area contributed by atoms with Crippen LogP contribution in [-0.2, 0) is 0 Å². The van der Waals surface area contributed by atoms with Gasteiger partial charge in [0.25, 0.3) is 0 Å². The monoisotopic (exact) mass is 227 g/mol. The van der Waals surface area contributed by atoms with E-state index in [-0.39, 0.29) is 5.54 Å². The summed E-state index contributed by atoms with van der Waals surface area (Å²) in [5, 5.41) is 3.38. The molecule has 1 N–H and O–H groups in total. The molecule has 3 nitrogen and oxygen atoms in total. The molecule has 0 spiro atoms. The Balaban J connectivity index is 2.27. The molecule has 1 saturated heterocycles. The van der Waals surface area contributed by atoms with Crippen molar-refractivity contribution in [2.45, 2.75) is 32.2 Å². The Morgan fingerprint density at radius 1 is 1.25 bits per heavy atom. The first-order valence-electron chi connectivity index (χ1n) is 6.49.